The number of carbonyl (C=O) groups is 1. The highest BCUT2D eigenvalue weighted by Crippen LogP contribution is 2.38. The standard InChI is InChI=1S/C18H31N5O3/c1-3-23(4-2)12-15-20-17(22-26-15)18(9-5-6-10-18)21-16(24)14-8-7-13(11-19)25-14/h13-14H,3-12,19H2,1-2H3,(H,21,24)/t13-,14+/m1/s1. The van der Waals surface area contributed by atoms with Crippen molar-refractivity contribution in [1.82, 2.24) is 20.4 Å². The summed E-state index contributed by atoms with van der Waals surface area (Å²) in [4.78, 5) is 19.6. The minimum absolute atomic E-state index is 0.0175. The van der Waals surface area contributed by atoms with E-state index < -0.39 is 11.6 Å². The molecule has 1 aromatic heterocycles. The van der Waals surface area contributed by atoms with E-state index in [0.717, 1.165) is 45.2 Å². The zero-order valence-corrected chi connectivity index (χ0v) is 15.9. The molecule has 1 saturated carbocycles. The number of carbonyl (C=O) groups excluding carboxylic acids is 1. The number of nitrogens with one attached hydrogen (secondary N) is 1. The van der Waals surface area contributed by atoms with Gasteiger partial charge in [0.15, 0.2) is 5.82 Å². The number of ether oxygens (including phenoxy) is 1. The van der Waals surface area contributed by atoms with Gasteiger partial charge >= 0.3 is 0 Å². The van der Waals surface area contributed by atoms with Crippen LogP contribution in [0.25, 0.3) is 0 Å². The third kappa shape index (κ3) is 4.07. The Bertz CT molecular complexity index is 595. The van der Waals surface area contributed by atoms with Gasteiger partial charge in [0.05, 0.1) is 12.6 Å². The van der Waals surface area contributed by atoms with Gasteiger partial charge in [-0.05, 0) is 38.8 Å². The van der Waals surface area contributed by atoms with Gasteiger partial charge in [0.2, 0.25) is 11.8 Å². The van der Waals surface area contributed by atoms with Crippen LogP contribution in [0.1, 0.15) is 64.1 Å². The van der Waals surface area contributed by atoms with Crippen molar-refractivity contribution in [3.63, 3.8) is 0 Å². The molecule has 3 N–H and O–H groups in total. The van der Waals surface area contributed by atoms with Crippen molar-refractivity contribution in [2.24, 2.45) is 5.73 Å². The Morgan fingerprint density at radius 2 is 2.04 bits per heavy atom. The van der Waals surface area contributed by atoms with Crippen LogP contribution in [0, 0.1) is 0 Å². The third-order valence-electron chi connectivity index (χ3n) is 5.63. The van der Waals surface area contributed by atoms with Crippen molar-refractivity contribution in [2.45, 2.75) is 76.7 Å². The van der Waals surface area contributed by atoms with Crippen LogP contribution in [0.3, 0.4) is 0 Å². The Hall–Kier alpha value is -1.51. The number of hydrogen-bond acceptors (Lipinski definition) is 7. The fourth-order valence-electron chi connectivity index (χ4n) is 3.92. The van der Waals surface area contributed by atoms with Crippen LogP contribution in [-0.4, -0.2) is 52.8 Å². The lowest BCUT2D eigenvalue weighted by Crippen LogP contribution is -2.48. The molecule has 146 valence electrons. The summed E-state index contributed by atoms with van der Waals surface area (Å²) in [6.45, 7) is 7.16. The second kappa shape index (κ2) is 8.45. The molecule has 1 amide bonds. The van der Waals surface area contributed by atoms with Gasteiger partial charge in [0.25, 0.3) is 0 Å². The fraction of sp³-hybridized carbons (Fsp3) is 0.833. The number of nitrogens with zero attached hydrogens (tertiary/aromatic N) is 3. The van der Waals surface area contributed by atoms with E-state index in [0.29, 0.717) is 31.2 Å². The second-order valence-electron chi connectivity index (χ2n) is 7.31. The van der Waals surface area contributed by atoms with Gasteiger partial charge in [-0.2, -0.15) is 4.98 Å². The number of hydrogen-bond donors (Lipinski definition) is 2. The Morgan fingerprint density at radius 3 is 2.65 bits per heavy atom. The molecule has 1 saturated heterocycles. The molecular formula is C18H31N5O3. The summed E-state index contributed by atoms with van der Waals surface area (Å²) in [7, 11) is 0. The van der Waals surface area contributed by atoms with Gasteiger partial charge in [-0.25, -0.2) is 0 Å². The molecule has 1 aliphatic carbocycles. The van der Waals surface area contributed by atoms with E-state index in [2.05, 4.69) is 34.2 Å². The second-order valence-corrected chi connectivity index (χ2v) is 7.31. The highest BCUT2D eigenvalue weighted by molar-refractivity contribution is 5.82. The maximum absolute atomic E-state index is 12.7. The van der Waals surface area contributed by atoms with E-state index >= 15 is 0 Å². The highest BCUT2D eigenvalue weighted by Gasteiger charge is 2.43. The fourth-order valence-corrected chi connectivity index (χ4v) is 3.92. The van der Waals surface area contributed by atoms with E-state index in [1.165, 1.54) is 0 Å². The molecule has 2 heterocycles. The van der Waals surface area contributed by atoms with Crippen molar-refractivity contribution in [3.05, 3.63) is 11.7 Å². The van der Waals surface area contributed by atoms with Crippen LogP contribution in [0.15, 0.2) is 4.52 Å². The van der Waals surface area contributed by atoms with Gasteiger partial charge in [-0.1, -0.05) is 31.8 Å². The molecule has 0 bridgehead atoms. The SMILES string of the molecule is CCN(CC)Cc1nc(C2(NC(=O)[C@@H]3CC[C@H](CN)O3)CCCC2)no1. The van der Waals surface area contributed by atoms with E-state index in [9.17, 15) is 4.79 Å². The van der Waals surface area contributed by atoms with Gasteiger partial charge in [-0.15, -0.1) is 0 Å². The van der Waals surface area contributed by atoms with Gasteiger partial charge in [0, 0.05) is 6.54 Å². The maximum atomic E-state index is 12.7. The molecule has 8 nitrogen and oxygen atoms in total. The van der Waals surface area contributed by atoms with E-state index in [1.54, 1.807) is 0 Å². The van der Waals surface area contributed by atoms with Crippen molar-refractivity contribution < 1.29 is 14.1 Å². The van der Waals surface area contributed by atoms with Crippen LogP contribution < -0.4 is 11.1 Å². The Kier molecular flexibility index (Phi) is 6.26. The summed E-state index contributed by atoms with van der Waals surface area (Å²) in [5.74, 6) is 1.11. The van der Waals surface area contributed by atoms with Crippen LogP contribution in [0.5, 0.6) is 0 Å². The molecule has 8 heteroatoms. The monoisotopic (exact) mass is 365 g/mol. The van der Waals surface area contributed by atoms with E-state index in [1.807, 2.05) is 0 Å². The molecule has 1 aromatic rings. The average Bonchev–Trinajstić information content (AvgIpc) is 3.39. The van der Waals surface area contributed by atoms with Crippen LogP contribution in [0.4, 0.5) is 0 Å². The predicted octanol–water partition coefficient (Wildman–Crippen LogP) is 1.30. The first kappa shape index (κ1) is 19.3. The Labute approximate surface area is 154 Å². The molecular weight excluding hydrogens is 334 g/mol. The molecule has 2 aliphatic rings. The largest absolute Gasteiger partial charge is 0.364 e. The van der Waals surface area contributed by atoms with Crippen LogP contribution >= 0.6 is 0 Å². The lowest BCUT2D eigenvalue weighted by molar-refractivity contribution is -0.134. The summed E-state index contributed by atoms with van der Waals surface area (Å²) >= 11 is 0. The minimum atomic E-state index is -0.535. The van der Waals surface area contributed by atoms with Crippen LogP contribution in [-0.2, 0) is 21.6 Å². The third-order valence-corrected chi connectivity index (χ3v) is 5.63. The molecule has 0 radical (unpaired) electrons. The average molecular weight is 365 g/mol. The van der Waals surface area contributed by atoms with Gasteiger partial charge in [-0.3, -0.25) is 9.69 Å². The zero-order chi connectivity index (χ0) is 18.6. The summed E-state index contributed by atoms with van der Waals surface area (Å²) in [6.07, 6.45) is 4.83. The smallest absolute Gasteiger partial charge is 0.249 e. The normalized spacial score (nSPS) is 25.1. The number of rotatable bonds is 8. The first-order chi connectivity index (χ1) is 12.6. The summed E-state index contributed by atoms with van der Waals surface area (Å²) in [5.41, 5.74) is 5.11. The molecule has 2 fully saturated rings. The molecule has 0 spiro atoms. The highest BCUT2D eigenvalue weighted by atomic mass is 16.5. The molecule has 3 rings (SSSR count). The Morgan fingerprint density at radius 1 is 1.31 bits per heavy atom. The number of aromatic nitrogens is 2. The molecule has 0 aromatic carbocycles. The van der Waals surface area contributed by atoms with Gasteiger partial charge < -0.3 is 20.3 Å². The molecule has 2 atom stereocenters. The van der Waals surface area contributed by atoms with Crippen molar-refractivity contribution in [2.75, 3.05) is 19.6 Å². The molecule has 26 heavy (non-hydrogen) atoms. The van der Waals surface area contributed by atoms with Crippen LogP contribution in [0.2, 0.25) is 0 Å². The van der Waals surface area contributed by atoms with E-state index in [-0.39, 0.29) is 12.0 Å². The Balaban J connectivity index is 1.70. The van der Waals surface area contributed by atoms with E-state index in [4.69, 9.17) is 15.0 Å². The predicted molar refractivity (Wildman–Crippen MR) is 96.2 cm³/mol. The van der Waals surface area contributed by atoms with Gasteiger partial charge in [0.1, 0.15) is 11.6 Å². The summed E-state index contributed by atoms with van der Waals surface area (Å²) in [5, 5.41) is 7.40. The number of nitrogens with two attached hydrogens (primary N) is 1. The zero-order valence-electron chi connectivity index (χ0n) is 15.9. The van der Waals surface area contributed by atoms with Crippen molar-refractivity contribution in [1.29, 1.82) is 0 Å². The maximum Gasteiger partial charge on any atom is 0.249 e. The lowest BCUT2D eigenvalue weighted by atomic mass is 9.96. The van der Waals surface area contributed by atoms with Crippen molar-refractivity contribution >= 4 is 5.91 Å². The molecule has 1 aliphatic heterocycles. The number of amides is 1. The lowest BCUT2D eigenvalue weighted by Gasteiger charge is -2.28. The van der Waals surface area contributed by atoms with Crippen molar-refractivity contribution in [3.8, 4) is 0 Å². The summed E-state index contributed by atoms with van der Waals surface area (Å²) < 4.78 is 11.2. The quantitative estimate of drug-likeness (QED) is 0.715. The summed E-state index contributed by atoms with van der Waals surface area (Å²) in [6, 6.07) is 0. The first-order valence-corrected chi connectivity index (χ1v) is 9.83. The topological polar surface area (TPSA) is 107 Å². The minimum Gasteiger partial charge on any atom is -0.364 e. The first-order valence-electron chi connectivity index (χ1n) is 9.83. The molecule has 0 unspecified atom stereocenters.